The van der Waals surface area contributed by atoms with Gasteiger partial charge in [0.2, 0.25) is 17.7 Å². The fourth-order valence-corrected chi connectivity index (χ4v) is 7.51. The summed E-state index contributed by atoms with van der Waals surface area (Å²) in [7, 11) is 0. The lowest BCUT2D eigenvalue weighted by Crippen LogP contribution is -2.59. The summed E-state index contributed by atoms with van der Waals surface area (Å²) >= 11 is 0. The first kappa shape index (κ1) is 20.3. The fraction of sp³-hybridized carbons (Fsp3) is 0.875. The third kappa shape index (κ3) is 3.87. The molecule has 6 fully saturated rings. The van der Waals surface area contributed by atoms with Gasteiger partial charge < -0.3 is 14.7 Å². The number of rotatable bonds is 3. The molecule has 6 nitrogen and oxygen atoms in total. The first-order valence-corrected chi connectivity index (χ1v) is 12.4. The molecule has 4 saturated carbocycles. The molecule has 30 heavy (non-hydrogen) atoms. The van der Waals surface area contributed by atoms with Gasteiger partial charge in [0.25, 0.3) is 0 Å². The van der Waals surface area contributed by atoms with E-state index in [1.165, 1.54) is 19.3 Å². The van der Waals surface area contributed by atoms with E-state index in [9.17, 15) is 14.4 Å². The highest BCUT2D eigenvalue weighted by atomic mass is 16.2. The summed E-state index contributed by atoms with van der Waals surface area (Å²) < 4.78 is 0. The highest BCUT2D eigenvalue weighted by Crippen LogP contribution is 2.60. The topological polar surface area (TPSA) is 60.9 Å². The van der Waals surface area contributed by atoms with Crippen LogP contribution in [-0.2, 0) is 14.4 Å². The van der Waals surface area contributed by atoms with Crippen molar-refractivity contribution in [2.45, 2.75) is 70.6 Å². The average Bonchev–Trinajstić information content (AvgIpc) is 2.72. The van der Waals surface area contributed by atoms with E-state index in [1.54, 1.807) is 4.90 Å². The van der Waals surface area contributed by atoms with Gasteiger partial charge in [0.15, 0.2) is 0 Å². The minimum absolute atomic E-state index is 0.0471. The second kappa shape index (κ2) is 8.16. The Labute approximate surface area is 180 Å². The van der Waals surface area contributed by atoms with Crippen molar-refractivity contribution in [1.82, 2.24) is 14.7 Å². The van der Waals surface area contributed by atoms with Crippen molar-refractivity contribution in [1.29, 1.82) is 0 Å². The highest BCUT2D eigenvalue weighted by Gasteiger charge is 2.55. The molecule has 166 valence electrons. The van der Waals surface area contributed by atoms with Crippen LogP contribution in [-0.4, -0.2) is 71.7 Å². The first-order valence-electron chi connectivity index (χ1n) is 12.4. The summed E-state index contributed by atoms with van der Waals surface area (Å²) in [5.41, 5.74) is -0.0854. The zero-order valence-corrected chi connectivity index (χ0v) is 18.3. The molecule has 0 aromatic carbocycles. The van der Waals surface area contributed by atoms with E-state index in [4.69, 9.17) is 0 Å². The van der Waals surface area contributed by atoms with Crippen LogP contribution in [0.5, 0.6) is 0 Å². The second-order valence-corrected chi connectivity index (χ2v) is 10.9. The van der Waals surface area contributed by atoms with E-state index in [0.29, 0.717) is 45.1 Å². The smallest absolute Gasteiger partial charge is 0.242 e. The number of nitrogens with zero attached hydrogens (tertiary/aromatic N) is 3. The molecule has 6 heteroatoms. The maximum atomic E-state index is 13.5. The molecule has 2 saturated heterocycles. The predicted molar refractivity (Wildman–Crippen MR) is 113 cm³/mol. The quantitative estimate of drug-likeness (QED) is 0.712. The van der Waals surface area contributed by atoms with Crippen LogP contribution in [0, 0.1) is 23.2 Å². The molecule has 0 N–H and O–H groups in total. The molecule has 0 aromatic rings. The van der Waals surface area contributed by atoms with Crippen LogP contribution in [0.25, 0.3) is 0 Å². The van der Waals surface area contributed by atoms with Crippen LogP contribution < -0.4 is 0 Å². The molecule has 6 aliphatic rings. The van der Waals surface area contributed by atoms with Gasteiger partial charge in [-0.2, -0.15) is 0 Å². The van der Waals surface area contributed by atoms with Crippen LogP contribution in [0.1, 0.15) is 70.6 Å². The van der Waals surface area contributed by atoms with Gasteiger partial charge in [0, 0.05) is 39.1 Å². The Morgan fingerprint density at radius 1 is 0.767 bits per heavy atom. The number of hydrogen-bond donors (Lipinski definition) is 0. The van der Waals surface area contributed by atoms with E-state index in [-0.39, 0.29) is 23.8 Å². The minimum atomic E-state index is -0.0854. The molecule has 3 amide bonds. The predicted octanol–water partition coefficient (Wildman–Crippen LogP) is 2.67. The Morgan fingerprint density at radius 3 is 1.97 bits per heavy atom. The number of piperazine rings is 1. The summed E-state index contributed by atoms with van der Waals surface area (Å²) in [5.74, 6) is 2.88. The number of carbonyl (C=O) groups is 3. The normalized spacial score (nSPS) is 36.6. The standard InChI is InChI=1S/C24H37N3O3/c28-21-5-3-1-2-4-6-27(21)17-22(29)25-7-9-26(10-8-25)23(30)24-14-18-11-19(15-24)13-20(12-18)16-24/h18-20H,1-17H2. The van der Waals surface area contributed by atoms with Crippen molar-refractivity contribution in [2.24, 2.45) is 23.2 Å². The van der Waals surface area contributed by atoms with Crippen molar-refractivity contribution in [3.63, 3.8) is 0 Å². The molecule has 2 heterocycles. The first-order chi connectivity index (χ1) is 14.5. The summed E-state index contributed by atoms with van der Waals surface area (Å²) in [6.45, 7) is 3.44. The van der Waals surface area contributed by atoms with Gasteiger partial charge in [-0.05, 0) is 69.1 Å². The summed E-state index contributed by atoms with van der Waals surface area (Å²) in [6.07, 6.45) is 12.1. The van der Waals surface area contributed by atoms with E-state index in [2.05, 4.69) is 4.90 Å². The Morgan fingerprint density at radius 2 is 1.33 bits per heavy atom. The maximum Gasteiger partial charge on any atom is 0.242 e. The van der Waals surface area contributed by atoms with Crippen LogP contribution >= 0.6 is 0 Å². The summed E-state index contributed by atoms with van der Waals surface area (Å²) in [6, 6.07) is 0. The van der Waals surface area contributed by atoms with E-state index in [0.717, 1.165) is 62.7 Å². The van der Waals surface area contributed by atoms with Crippen LogP contribution in [0.3, 0.4) is 0 Å². The third-order valence-corrected chi connectivity index (χ3v) is 8.66. The SMILES string of the molecule is O=C(CN1CCCCCCC1=O)N1CCN(C(=O)C23CC4CC(CC(C4)C2)C3)CC1. The number of hydrogen-bond acceptors (Lipinski definition) is 3. The van der Waals surface area contributed by atoms with Gasteiger partial charge in [-0.15, -0.1) is 0 Å². The Bertz CT molecular complexity index is 663. The summed E-state index contributed by atoms with van der Waals surface area (Å²) in [4.78, 5) is 44.4. The molecule has 4 bridgehead atoms. The highest BCUT2D eigenvalue weighted by molar-refractivity contribution is 5.86. The van der Waals surface area contributed by atoms with Crippen LogP contribution in [0.2, 0.25) is 0 Å². The molecule has 0 atom stereocenters. The molecule has 0 unspecified atom stereocenters. The van der Waals surface area contributed by atoms with Gasteiger partial charge in [-0.25, -0.2) is 0 Å². The largest absolute Gasteiger partial charge is 0.339 e. The lowest BCUT2D eigenvalue weighted by atomic mass is 9.49. The van der Waals surface area contributed by atoms with Gasteiger partial charge in [0.1, 0.15) is 0 Å². The molecule has 0 radical (unpaired) electrons. The fourth-order valence-electron chi connectivity index (χ4n) is 7.51. The molecule has 2 aliphatic heterocycles. The molecular formula is C24H37N3O3. The van der Waals surface area contributed by atoms with Crippen molar-refractivity contribution in [3.8, 4) is 0 Å². The van der Waals surface area contributed by atoms with Crippen molar-refractivity contribution in [2.75, 3.05) is 39.3 Å². The molecule has 4 aliphatic carbocycles. The van der Waals surface area contributed by atoms with E-state index >= 15 is 0 Å². The van der Waals surface area contributed by atoms with Gasteiger partial charge in [-0.1, -0.05) is 12.8 Å². The van der Waals surface area contributed by atoms with E-state index < -0.39 is 0 Å². The average molecular weight is 416 g/mol. The minimum Gasteiger partial charge on any atom is -0.339 e. The Balaban J connectivity index is 1.15. The Hall–Kier alpha value is -1.59. The zero-order valence-electron chi connectivity index (χ0n) is 18.3. The molecule has 0 spiro atoms. The molecule has 6 rings (SSSR count). The lowest BCUT2D eigenvalue weighted by Gasteiger charge is -2.57. The maximum absolute atomic E-state index is 13.5. The van der Waals surface area contributed by atoms with E-state index in [1.807, 2.05) is 4.90 Å². The molecule has 0 aromatic heterocycles. The summed E-state index contributed by atoms with van der Waals surface area (Å²) in [5, 5.41) is 0. The van der Waals surface area contributed by atoms with Crippen molar-refractivity contribution >= 4 is 17.7 Å². The van der Waals surface area contributed by atoms with Gasteiger partial charge >= 0.3 is 0 Å². The van der Waals surface area contributed by atoms with Gasteiger partial charge in [-0.3, -0.25) is 14.4 Å². The zero-order chi connectivity index (χ0) is 20.7. The second-order valence-electron chi connectivity index (χ2n) is 10.9. The Kier molecular flexibility index (Phi) is 5.53. The van der Waals surface area contributed by atoms with Crippen molar-refractivity contribution < 1.29 is 14.4 Å². The number of carbonyl (C=O) groups excluding carboxylic acids is 3. The monoisotopic (exact) mass is 415 g/mol. The van der Waals surface area contributed by atoms with Crippen molar-refractivity contribution in [3.05, 3.63) is 0 Å². The lowest BCUT2D eigenvalue weighted by molar-refractivity contribution is -0.160. The third-order valence-electron chi connectivity index (χ3n) is 8.66. The van der Waals surface area contributed by atoms with Crippen LogP contribution in [0.4, 0.5) is 0 Å². The van der Waals surface area contributed by atoms with Crippen LogP contribution in [0.15, 0.2) is 0 Å². The number of likely N-dealkylation sites (tertiary alicyclic amines) is 1. The number of amides is 3. The molecular weight excluding hydrogens is 378 g/mol. The van der Waals surface area contributed by atoms with Gasteiger partial charge in [0.05, 0.1) is 12.0 Å².